The first-order valence-electron chi connectivity index (χ1n) is 10.8. The lowest BCUT2D eigenvalue weighted by atomic mass is 9.99. The predicted molar refractivity (Wildman–Crippen MR) is 127 cm³/mol. The molecule has 4 N–H and O–H groups in total. The fraction of sp³-hybridized carbons (Fsp3) is 0.348. The van der Waals surface area contributed by atoms with Crippen molar-refractivity contribution in [3.8, 4) is 17.6 Å². The number of nitrogens with one attached hydrogen (secondary N) is 3. The maximum absolute atomic E-state index is 13.0. The maximum Gasteiger partial charge on any atom is 0.257 e. The quantitative estimate of drug-likeness (QED) is 0.405. The van der Waals surface area contributed by atoms with Crippen LogP contribution in [0.1, 0.15) is 35.3 Å². The van der Waals surface area contributed by atoms with Crippen LogP contribution in [-0.4, -0.2) is 66.0 Å². The zero-order chi connectivity index (χ0) is 25.4. The molecule has 2 aliphatic rings. The fourth-order valence-electron chi connectivity index (χ4n) is 3.74. The van der Waals surface area contributed by atoms with Gasteiger partial charge in [-0.25, -0.2) is 13.7 Å². The standard InChI is InChI=1S/C23H25N5O6S/c1-14(2)35(32,33)27-17-8-15(10-24-11-17)6-7-23(21(30)25-22(31)26-23)13-28-12-16-4-5-18(34-3)9-19(16)20(28)29/h4-5,8-11,14,22,26-27,31H,12-13H2,1-3H3,(H,25,30). The highest BCUT2D eigenvalue weighted by molar-refractivity contribution is 7.93. The van der Waals surface area contributed by atoms with Crippen molar-refractivity contribution in [2.45, 2.75) is 37.5 Å². The van der Waals surface area contributed by atoms with E-state index >= 15 is 0 Å². The van der Waals surface area contributed by atoms with Gasteiger partial charge in [0, 0.05) is 23.9 Å². The van der Waals surface area contributed by atoms with Gasteiger partial charge in [0.15, 0.2) is 11.9 Å². The minimum Gasteiger partial charge on any atom is -0.497 e. The number of carbonyl (C=O) groups is 2. The van der Waals surface area contributed by atoms with Crippen LogP contribution in [0.4, 0.5) is 5.69 Å². The van der Waals surface area contributed by atoms with Crippen LogP contribution >= 0.6 is 0 Å². The van der Waals surface area contributed by atoms with Gasteiger partial charge in [-0.05, 0) is 37.6 Å². The molecule has 0 radical (unpaired) electrons. The number of rotatable bonds is 6. The summed E-state index contributed by atoms with van der Waals surface area (Å²) in [5, 5.41) is 14.5. The number of carbonyl (C=O) groups excluding carboxylic acids is 2. The van der Waals surface area contributed by atoms with Gasteiger partial charge >= 0.3 is 0 Å². The number of methoxy groups -OCH3 is 1. The van der Waals surface area contributed by atoms with Crippen molar-refractivity contribution in [1.29, 1.82) is 0 Å². The van der Waals surface area contributed by atoms with Crippen molar-refractivity contribution in [3.05, 3.63) is 53.3 Å². The van der Waals surface area contributed by atoms with E-state index in [2.05, 4.69) is 32.2 Å². The molecule has 4 rings (SSSR count). The Labute approximate surface area is 202 Å². The third-order valence-corrected chi connectivity index (χ3v) is 7.46. The number of pyridine rings is 1. The van der Waals surface area contributed by atoms with E-state index in [-0.39, 0.29) is 24.7 Å². The number of amides is 2. The highest BCUT2D eigenvalue weighted by atomic mass is 32.2. The van der Waals surface area contributed by atoms with Gasteiger partial charge in [-0.3, -0.25) is 19.3 Å². The van der Waals surface area contributed by atoms with Crippen LogP contribution in [0.5, 0.6) is 5.75 Å². The number of aliphatic hydroxyl groups is 1. The molecule has 0 spiro atoms. The molecular formula is C23H25N5O6S. The number of nitrogens with zero attached hydrogens (tertiary/aromatic N) is 2. The summed E-state index contributed by atoms with van der Waals surface area (Å²) in [7, 11) is -2.07. The number of aliphatic hydroxyl groups excluding tert-OH is 1. The molecule has 1 aromatic heterocycles. The molecule has 11 nitrogen and oxygen atoms in total. The van der Waals surface area contributed by atoms with Crippen LogP contribution in [0.15, 0.2) is 36.7 Å². The lowest BCUT2D eigenvalue weighted by Crippen LogP contribution is -2.54. The summed E-state index contributed by atoms with van der Waals surface area (Å²) in [6.45, 7) is 3.23. The number of fused-ring (bicyclic) bond motifs is 1. The van der Waals surface area contributed by atoms with Gasteiger partial charge in [0.25, 0.3) is 11.8 Å². The summed E-state index contributed by atoms with van der Waals surface area (Å²) in [6, 6.07) is 6.67. The molecule has 2 amide bonds. The zero-order valence-electron chi connectivity index (χ0n) is 19.3. The summed E-state index contributed by atoms with van der Waals surface area (Å²) in [5.41, 5.74) is 0.217. The molecule has 1 saturated heterocycles. The molecule has 2 atom stereocenters. The Hall–Kier alpha value is -3.66. The average molecular weight is 500 g/mol. The van der Waals surface area contributed by atoms with Crippen LogP contribution in [-0.2, 0) is 21.4 Å². The Balaban J connectivity index is 1.61. The highest BCUT2D eigenvalue weighted by Gasteiger charge is 2.48. The van der Waals surface area contributed by atoms with Crippen LogP contribution in [0.3, 0.4) is 0 Å². The molecule has 1 fully saturated rings. The van der Waals surface area contributed by atoms with E-state index < -0.39 is 33.1 Å². The number of aromatic nitrogens is 1. The van der Waals surface area contributed by atoms with Crippen molar-refractivity contribution >= 4 is 27.5 Å². The molecule has 0 aliphatic carbocycles. The molecule has 2 unspecified atom stereocenters. The molecular weight excluding hydrogens is 474 g/mol. The lowest BCUT2D eigenvalue weighted by Gasteiger charge is -2.26. The molecule has 3 heterocycles. The van der Waals surface area contributed by atoms with E-state index in [0.29, 0.717) is 16.9 Å². The molecule has 2 aromatic rings. The van der Waals surface area contributed by atoms with E-state index in [4.69, 9.17) is 4.74 Å². The Morgan fingerprint density at radius 1 is 1.31 bits per heavy atom. The van der Waals surface area contributed by atoms with Gasteiger partial charge in [-0.2, -0.15) is 0 Å². The molecule has 12 heteroatoms. The van der Waals surface area contributed by atoms with Crippen molar-refractivity contribution in [2.75, 3.05) is 18.4 Å². The van der Waals surface area contributed by atoms with Crippen LogP contribution in [0.2, 0.25) is 0 Å². The summed E-state index contributed by atoms with van der Waals surface area (Å²) < 4.78 is 31.9. The molecule has 35 heavy (non-hydrogen) atoms. The number of sulfonamides is 1. The summed E-state index contributed by atoms with van der Waals surface area (Å²) in [5.74, 6) is 5.31. The minimum absolute atomic E-state index is 0.133. The first-order valence-corrected chi connectivity index (χ1v) is 12.3. The van der Waals surface area contributed by atoms with E-state index in [1.165, 1.54) is 30.5 Å². The smallest absolute Gasteiger partial charge is 0.257 e. The number of benzene rings is 1. The van der Waals surface area contributed by atoms with Gasteiger partial charge in [-0.15, -0.1) is 0 Å². The summed E-state index contributed by atoms with van der Waals surface area (Å²) in [6.07, 6.45) is 1.42. The van der Waals surface area contributed by atoms with Crippen LogP contribution < -0.4 is 20.1 Å². The Morgan fingerprint density at radius 3 is 2.74 bits per heavy atom. The van der Waals surface area contributed by atoms with E-state index in [9.17, 15) is 23.1 Å². The largest absolute Gasteiger partial charge is 0.497 e. The Kier molecular flexibility index (Phi) is 6.42. The zero-order valence-corrected chi connectivity index (χ0v) is 20.1. The van der Waals surface area contributed by atoms with Crippen molar-refractivity contribution in [2.24, 2.45) is 0 Å². The van der Waals surface area contributed by atoms with Crippen LogP contribution in [0, 0.1) is 11.8 Å². The first kappa shape index (κ1) is 24.5. The van der Waals surface area contributed by atoms with Crippen molar-refractivity contribution in [3.63, 3.8) is 0 Å². The molecule has 0 saturated carbocycles. The van der Waals surface area contributed by atoms with Gasteiger partial charge in [-0.1, -0.05) is 17.9 Å². The van der Waals surface area contributed by atoms with E-state index in [0.717, 1.165) is 5.56 Å². The molecule has 184 valence electrons. The number of anilines is 1. The van der Waals surface area contributed by atoms with Crippen molar-refractivity contribution in [1.82, 2.24) is 20.5 Å². The molecule has 0 bridgehead atoms. The van der Waals surface area contributed by atoms with Gasteiger partial charge in [0.1, 0.15) is 5.75 Å². The summed E-state index contributed by atoms with van der Waals surface area (Å²) in [4.78, 5) is 31.3. The SMILES string of the molecule is COc1ccc2c(c1)C(=O)N(CC1(C#Cc3cncc(NS(=O)(=O)C(C)C)c3)NC(O)NC1=O)C2. The van der Waals surface area contributed by atoms with Gasteiger partial charge in [0.2, 0.25) is 10.0 Å². The number of hydrogen-bond acceptors (Lipinski definition) is 8. The van der Waals surface area contributed by atoms with Gasteiger partial charge < -0.3 is 20.1 Å². The normalized spacial score (nSPS) is 21.4. The second kappa shape index (κ2) is 9.18. The minimum atomic E-state index is -3.58. The third kappa shape index (κ3) is 4.93. The van der Waals surface area contributed by atoms with Gasteiger partial charge in [0.05, 0.1) is 30.8 Å². The Morgan fingerprint density at radius 2 is 2.09 bits per heavy atom. The van der Waals surface area contributed by atoms with E-state index in [1.807, 2.05) is 0 Å². The first-order chi connectivity index (χ1) is 16.5. The second-order valence-electron chi connectivity index (χ2n) is 8.52. The van der Waals surface area contributed by atoms with Crippen LogP contribution in [0.25, 0.3) is 0 Å². The average Bonchev–Trinajstić information content (AvgIpc) is 3.26. The molecule has 2 aliphatic heterocycles. The third-order valence-electron chi connectivity index (χ3n) is 5.70. The predicted octanol–water partition coefficient (Wildman–Crippen LogP) is -0.0181. The monoisotopic (exact) mass is 499 g/mol. The molecule has 1 aromatic carbocycles. The van der Waals surface area contributed by atoms with Crippen molar-refractivity contribution < 1.29 is 27.9 Å². The second-order valence-corrected chi connectivity index (χ2v) is 10.8. The van der Waals surface area contributed by atoms with E-state index in [1.54, 1.807) is 32.0 Å². The number of ether oxygens (including phenoxy) is 1. The fourth-order valence-corrected chi connectivity index (χ4v) is 4.41. The Bertz CT molecular complexity index is 1350. The summed E-state index contributed by atoms with van der Waals surface area (Å²) >= 11 is 0. The lowest BCUT2D eigenvalue weighted by molar-refractivity contribution is -0.123. The number of hydrogen-bond donors (Lipinski definition) is 4. The highest BCUT2D eigenvalue weighted by Crippen LogP contribution is 2.28. The maximum atomic E-state index is 13.0. The topological polar surface area (TPSA) is 150 Å².